The van der Waals surface area contributed by atoms with Crippen LogP contribution in [0, 0.1) is 0 Å². The molecular formula is C13H13N3OS. The third-order valence-electron chi connectivity index (χ3n) is 3.63. The van der Waals surface area contributed by atoms with Crippen molar-refractivity contribution in [2.75, 3.05) is 18.8 Å². The lowest BCUT2D eigenvalue weighted by Crippen LogP contribution is -2.33. The third kappa shape index (κ3) is 1.17. The van der Waals surface area contributed by atoms with Gasteiger partial charge in [0.25, 0.3) is 0 Å². The lowest BCUT2D eigenvalue weighted by atomic mass is 10.1. The number of fused-ring (bicyclic) bond motifs is 2. The monoisotopic (exact) mass is 259 g/mol. The van der Waals surface area contributed by atoms with E-state index in [9.17, 15) is 5.11 Å². The van der Waals surface area contributed by atoms with Crippen LogP contribution in [-0.2, 0) is 13.5 Å². The SMILES string of the molecule is Cn1cc2c3c(c4c(c(O)c31)SCCN=4)=NCC2. The predicted molar refractivity (Wildman–Crippen MR) is 71.1 cm³/mol. The summed E-state index contributed by atoms with van der Waals surface area (Å²) in [7, 11) is 1.98. The number of rotatable bonds is 0. The van der Waals surface area contributed by atoms with Crippen LogP contribution in [0.4, 0.5) is 0 Å². The smallest absolute Gasteiger partial charge is 0.155 e. The van der Waals surface area contributed by atoms with Crippen molar-refractivity contribution >= 4 is 22.7 Å². The number of hydrogen-bond acceptors (Lipinski definition) is 4. The topological polar surface area (TPSA) is 49.9 Å². The van der Waals surface area contributed by atoms with Gasteiger partial charge in [0.15, 0.2) is 5.75 Å². The van der Waals surface area contributed by atoms with Crippen molar-refractivity contribution < 1.29 is 5.11 Å². The molecule has 5 heteroatoms. The van der Waals surface area contributed by atoms with Gasteiger partial charge in [0, 0.05) is 37.5 Å². The Labute approximate surface area is 108 Å². The van der Waals surface area contributed by atoms with Crippen LogP contribution in [0.3, 0.4) is 0 Å². The van der Waals surface area contributed by atoms with Gasteiger partial charge in [0.05, 0.1) is 15.8 Å². The second-order valence-electron chi connectivity index (χ2n) is 4.73. The first-order valence-electron chi connectivity index (χ1n) is 6.12. The van der Waals surface area contributed by atoms with E-state index in [-0.39, 0.29) is 0 Å². The molecule has 0 aliphatic carbocycles. The molecule has 92 valence electrons. The molecule has 1 aromatic heterocycles. The molecule has 2 aromatic rings. The summed E-state index contributed by atoms with van der Waals surface area (Å²) in [6.45, 7) is 1.64. The van der Waals surface area contributed by atoms with E-state index in [0.29, 0.717) is 5.75 Å². The predicted octanol–water partition coefficient (Wildman–Crippen LogP) is 0.785. The van der Waals surface area contributed by atoms with Gasteiger partial charge in [0.1, 0.15) is 5.36 Å². The van der Waals surface area contributed by atoms with Crippen molar-refractivity contribution in [1.29, 1.82) is 0 Å². The second kappa shape index (κ2) is 3.51. The van der Waals surface area contributed by atoms with Crippen molar-refractivity contribution in [3.8, 4) is 5.75 Å². The van der Waals surface area contributed by atoms with Crippen molar-refractivity contribution in [2.45, 2.75) is 11.3 Å². The molecule has 0 fully saturated rings. The van der Waals surface area contributed by atoms with E-state index >= 15 is 0 Å². The fourth-order valence-electron chi connectivity index (χ4n) is 2.91. The molecule has 4 rings (SSSR count). The highest BCUT2D eigenvalue weighted by Gasteiger charge is 2.22. The van der Waals surface area contributed by atoms with Gasteiger partial charge in [-0.3, -0.25) is 9.98 Å². The van der Waals surface area contributed by atoms with Crippen molar-refractivity contribution in [2.24, 2.45) is 17.0 Å². The highest BCUT2D eigenvalue weighted by molar-refractivity contribution is 7.99. The highest BCUT2D eigenvalue weighted by atomic mass is 32.2. The first kappa shape index (κ1) is 10.4. The molecule has 2 aliphatic heterocycles. The van der Waals surface area contributed by atoms with Crippen LogP contribution in [0.5, 0.6) is 5.75 Å². The summed E-state index contributed by atoms with van der Waals surface area (Å²) in [5.74, 6) is 1.31. The second-order valence-corrected chi connectivity index (χ2v) is 5.83. The molecule has 2 aliphatic rings. The Kier molecular flexibility index (Phi) is 2.03. The maximum atomic E-state index is 10.5. The first-order valence-corrected chi connectivity index (χ1v) is 7.10. The highest BCUT2D eigenvalue weighted by Crippen LogP contribution is 2.34. The number of phenolic OH excluding ortho intramolecular Hbond substituents is 1. The molecule has 0 saturated carbocycles. The molecule has 0 saturated heterocycles. The number of aromatic hydroxyl groups is 1. The summed E-state index contributed by atoms with van der Waals surface area (Å²) in [5.41, 5.74) is 2.19. The van der Waals surface area contributed by atoms with Crippen LogP contribution >= 0.6 is 11.8 Å². The van der Waals surface area contributed by atoms with E-state index in [2.05, 4.69) is 16.2 Å². The van der Waals surface area contributed by atoms with Gasteiger partial charge >= 0.3 is 0 Å². The van der Waals surface area contributed by atoms with Crippen molar-refractivity contribution in [1.82, 2.24) is 4.57 Å². The Morgan fingerprint density at radius 1 is 1.28 bits per heavy atom. The molecule has 1 aromatic carbocycles. The number of hydrogen-bond donors (Lipinski definition) is 1. The Bertz CT molecular complexity index is 791. The van der Waals surface area contributed by atoms with E-state index in [0.717, 1.165) is 51.8 Å². The number of nitrogens with zero attached hydrogens (tertiary/aromatic N) is 3. The number of phenols is 1. The lowest BCUT2D eigenvalue weighted by molar-refractivity contribution is 0.464. The van der Waals surface area contributed by atoms with Gasteiger partial charge in [-0.15, -0.1) is 11.8 Å². The average molecular weight is 259 g/mol. The average Bonchev–Trinajstić information content (AvgIpc) is 2.73. The van der Waals surface area contributed by atoms with E-state index in [1.807, 2.05) is 11.6 Å². The maximum absolute atomic E-state index is 10.5. The van der Waals surface area contributed by atoms with E-state index in [1.54, 1.807) is 11.8 Å². The first-order chi connectivity index (χ1) is 8.77. The van der Waals surface area contributed by atoms with Crippen LogP contribution in [0.15, 0.2) is 21.1 Å². The molecule has 0 spiro atoms. The van der Waals surface area contributed by atoms with Crippen molar-refractivity contribution in [3.05, 3.63) is 22.5 Å². The molecule has 18 heavy (non-hydrogen) atoms. The fourth-order valence-corrected chi connectivity index (χ4v) is 3.82. The van der Waals surface area contributed by atoms with Gasteiger partial charge < -0.3 is 9.67 Å². The zero-order chi connectivity index (χ0) is 12.3. The minimum Gasteiger partial charge on any atom is -0.505 e. The fraction of sp³-hybridized carbons (Fsp3) is 0.385. The van der Waals surface area contributed by atoms with Crippen LogP contribution in [0.2, 0.25) is 0 Å². The van der Waals surface area contributed by atoms with Crippen LogP contribution in [0.1, 0.15) is 5.56 Å². The van der Waals surface area contributed by atoms with E-state index in [1.165, 1.54) is 5.56 Å². The van der Waals surface area contributed by atoms with Crippen LogP contribution in [0.25, 0.3) is 10.9 Å². The van der Waals surface area contributed by atoms with Gasteiger partial charge in [-0.2, -0.15) is 0 Å². The van der Waals surface area contributed by atoms with E-state index < -0.39 is 0 Å². The van der Waals surface area contributed by atoms with Gasteiger partial charge in [-0.05, 0) is 12.0 Å². The molecule has 0 amide bonds. The summed E-state index contributed by atoms with van der Waals surface area (Å²) < 4.78 is 2.01. The Hall–Kier alpha value is -1.49. The number of benzene rings is 1. The maximum Gasteiger partial charge on any atom is 0.155 e. The van der Waals surface area contributed by atoms with Gasteiger partial charge in [-0.25, -0.2) is 0 Å². The van der Waals surface area contributed by atoms with Crippen LogP contribution < -0.4 is 10.7 Å². The summed E-state index contributed by atoms with van der Waals surface area (Å²) in [5, 5.41) is 13.5. The lowest BCUT2D eigenvalue weighted by Gasteiger charge is -2.13. The standard InChI is InChI=1S/C13H13N3OS/c1-16-6-7-2-3-14-9-8(7)11(16)12(17)13-10(9)15-4-5-18-13/h6,17H,2-5H2,1H3. The Morgan fingerprint density at radius 3 is 3.00 bits per heavy atom. The molecule has 0 atom stereocenters. The molecular weight excluding hydrogens is 246 g/mol. The summed E-state index contributed by atoms with van der Waals surface area (Å²) in [6, 6.07) is 0. The molecule has 1 N–H and O–H groups in total. The molecule has 4 nitrogen and oxygen atoms in total. The quantitative estimate of drug-likeness (QED) is 0.760. The zero-order valence-corrected chi connectivity index (χ0v) is 10.9. The third-order valence-corrected chi connectivity index (χ3v) is 4.70. The number of aromatic nitrogens is 1. The molecule has 0 unspecified atom stereocenters. The Morgan fingerprint density at radius 2 is 2.11 bits per heavy atom. The molecule has 0 radical (unpaired) electrons. The van der Waals surface area contributed by atoms with Crippen molar-refractivity contribution in [3.63, 3.8) is 0 Å². The summed E-state index contributed by atoms with van der Waals surface area (Å²) >= 11 is 1.68. The minimum absolute atomic E-state index is 0.378. The number of thioether (sulfide) groups is 1. The summed E-state index contributed by atoms with van der Waals surface area (Å²) in [6.07, 6.45) is 3.06. The van der Waals surface area contributed by atoms with Gasteiger partial charge in [-0.1, -0.05) is 0 Å². The van der Waals surface area contributed by atoms with E-state index in [4.69, 9.17) is 0 Å². The summed E-state index contributed by atoms with van der Waals surface area (Å²) in [4.78, 5) is 10.1. The Balaban J connectivity index is 2.36. The minimum atomic E-state index is 0.378. The molecule has 3 heterocycles. The van der Waals surface area contributed by atoms with Gasteiger partial charge in [0.2, 0.25) is 0 Å². The normalized spacial score (nSPS) is 17.2. The zero-order valence-electron chi connectivity index (χ0n) is 10.1. The number of aryl methyl sites for hydroxylation is 1. The largest absolute Gasteiger partial charge is 0.505 e. The molecule has 0 bridgehead atoms. The van der Waals surface area contributed by atoms with Crippen LogP contribution in [-0.4, -0.2) is 28.5 Å².